The zero-order valence-corrected chi connectivity index (χ0v) is 16.6. The molecule has 9 heteroatoms. The Hall–Kier alpha value is -2.16. The summed E-state index contributed by atoms with van der Waals surface area (Å²) in [5, 5.41) is 2.47. The third-order valence-electron chi connectivity index (χ3n) is 4.36. The van der Waals surface area contributed by atoms with Crippen LogP contribution in [0.25, 0.3) is 0 Å². The first kappa shape index (κ1) is 20.6. The van der Waals surface area contributed by atoms with Crippen LogP contribution in [0.3, 0.4) is 0 Å². The highest BCUT2D eigenvalue weighted by Gasteiger charge is 2.26. The van der Waals surface area contributed by atoms with E-state index in [0.717, 1.165) is 19.3 Å². The summed E-state index contributed by atoms with van der Waals surface area (Å²) in [5.74, 6) is -0.949. The zero-order valence-electron chi connectivity index (χ0n) is 15.0. The van der Waals surface area contributed by atoms with Crippen molar-refractivity contribution >= 4 is 33.2 Å². The van der Waals surface area contributed by atoms with Gasteiger partial charge in [-0.15, -0.1) is 0 Å². The maximum absolute atomic E-state index is 13.5. The number of para-hydroxylation sites is 1. The Morgan fingerprint density at radius 1 is 1.14 bits per heavy atom. The van der Waals surface area contributed by atoms with Crippen LogP contribution in [0.4, 0.5) is 10.1 Å². The van der Waals surface area contributed by atoms with E-state index in [-0.39, 0.29) is 21.4 Å². The van der Waals surface area contributed by atoms with Gasteiger partial charge in [-0.2, -0.15) is 4.31 Å². The molecule has 1 N–H and O–H groups in total. The minimum atomic E-state index is -3.61. The number of hydrogen-bond donors (Lipinski definition) is 1. The summed E-state index contributed by atoms with van der Waals surface area (Å²) in [5.41, 5.74) is 0.0465. The van der Waals surface area contributed by atoms with Crippen molar-refractivity contribution in [3.05, 3.63) is 53.3 Å². The van der Waals surface area contributed by atoms with Gasteiger partial charge >= 0.3 is 0 Å². The van der Waals surface area contributed by atoms with Crippen molar-refractivity contribution < 1.29 is 22.3 Å². The molecule has 2 aromatic rings. The number of nitrogens with one attached hydrogen (secondary N) is 1. The van der Waals surface area contributed by atoms with Crippen LogP contribution in [0.15, 0.2) is 47.4 Å². The lowest BCUT2D eigenvalue weighted by atomic mass is 10.2. The van der Waals surface area contributed by atoms with E-state index >= 15 is 0 Å². The molecule has 1 aliphatic rings. The van der Waals surface area contributed by atoms with Gasteiger partial charge in [0.15, 0.2) is 6.61 Å². The van der Waals surface area contributed by atoms with Gasteiger partial charge < -0.3 is 10.1 Å². The third kappa shape index (κ3) is 4.81. The molecule has 1 heterocycles. The van der Waals surface area contributed by atoms with Crippen molar-refractivity contribution in [2.24, 2.45) is 0 Å². The first-order valence-electron chi connectivity index (χ1n) is 8.85. The molecule has 1 amide bonds. The SMILES string of the molecule is O=C(COc1ccc(S(=O)(=O)N2CCCCC2)cc1Cl)Nc1ccccc1F. The number of halogens is 2. The highest BCUT2D eigenvalue weighted by molar-refractivity contribution is 7.89. The number of sulfonamides is 1. The molecule has 0 spiro atoms. The highest BCUT2D eigenvalue weighted by atomic mass is 35.5. The zero-order chi connectivity index (χ0) is 20.1. The van der Waals surface area contributed by atoms with Crippen LogP contribution in [0.5, 0.6) is 5.75 Å². The summed E-state index contributed by atoms with van der Waals surface area (Å²) < 4.78 is 45.7. The Balaban J connectivity index is 1.64. The van der Waals surface area contributed by atoms with Crippen molar-refractivity contribution in [1.29, 1.82) is 0 Å². The summed E-state index contributed by atoms with van der Waals surface area (Å²) in [6, 6.07) is 9.90. The van der Waals surface area contributed by atoms with Crippen molar-refractivity contribution in [3.63, 3.8) is 0 Å². The molecule has 150 valence electrons. The van der Waals surface area contributed by atoms with Crippen molar-refractivity contribution in [2.45, 2.75) is 24.2 Å². The van der Waals surface area contributed by atoms with Crippen molar-refractivity contribution in [2.75, 3.05) is 25.0 Å². The molecule has 1 saturated heterocycles. The summed E-state index contributed by atoms with van der Waals surface area (Å²) in [4.78, 5) is 12.0. The Bertz CT molecular complexity index is 962. The molecule has 0 saturated carbocycles. The van der Waals surface area contributed by atoms with Crippen LogP contribution < -0.4 is 10.1 Å². The van der Waals surface area contributed by atoms with E-state index < -0.39 is 28.4 Å². The number of amides is 1. The number of carbonyl (C=O) groups is 1. The Labute approximate surface area is 168 Å². The molecule has 0 atom stereocenters. The smallest absolute Gasteiger partial charge is 0.262 e. The molecule has 0 bridgehead atoms. The molecule has 0 unspecified atom stereocenters. The van der Waals surface area contributed by atoms with Gasteiger partial charge in [-0.1, -0.05) is 30.2 Å². The third-order valence-corrected chi connectivity index (χ3v) is 6.55. The van der Waals surface area contributed by atoms with Crippen LogP contribution in [0.2, 0.25) is 5.02 Å². The van der Waals surface area contributed by atoms with Gasteiger partial charge in [0, 0.05) is 13.1 Å². The van der Waals surface area contributed by atoms with Crippen LogP contribution >= 0.6 is 11.6 Å². The normalized spacial score (nSPS) is 15.2. The molecule has 0 aliphatic carbocycles. The van der Waals surface area contributed by atoms with E-state index in [0.29, 0.717) is 13.1 Å². The van der Waals surface area contributed by atoms with E-state index in [9.17, 15) is 17.6 Å². The van der Waals surface area contributed by atoms with E-state index in [1.165, 1.54) is 40.7 Å². The number of hydrogen-bond acceptors (Lipinski definition) is 4. The summed E-state index contributed by atoms with van der Waals surface area (Å²) in [6.45, 7) is 0.592. The average Bonchev–Trinajstić information content (AvgIpc) is 2.69. The predicted molar refractivity (Wildman–Crippen MR) is 105 cm³/mol. The minimum absolute atomic E-state index is 0.0465. The largest absolute Gasteiger partial charge is 0.482 e. The van der Waals surface area contributed by atoms with Gasteiger partial charge in [0.05, 0.1) is 15.6 Å². The molecule has 6 nitrogen and oxygen atoms in total. The maximum Gasteiger partial charge on any atom is 0.262 e. The lowest BCUT2D eigenvalue weighted by Gasteiger charge is -2.26. The van der Waals surface area contributed by atoms with Crippen LogP contribution in [-0.4, -0.2) is 38.3 Å². The molecule has 0 aromatic heterocycles. The van der Waals surface area contributed by atoms with Gasteiger partial charge in [-0.25, -0.2) is 12.8 Å². The first-order chi connectivity index (χ1) is 13.4. The quantitative estimate of drug-likeness (QED) is 0.764. The van der Waals surface area contributed by atoms with Gasteiger partial charge in [0.1, 0.15) is 11.6 Å². The average molecular weight is 427 g/mol. The van der Waals surface area contributed by atoms with E-state index in [1.54, 1.807) is 6.07 Å². The molecule has 1 fully saturated rings. The van der Waals surface area contributed by atoms with Crippen molar-refractivity contribution in [3.8, 4) is 5.75 Å². The molecule has 0 radical (unpaired) electrons. The van der Waals surface area contributed by atoms with Crippen LogP contribution in [0, 0.1) is 5.82 Å². The summed E-state index contributed by atoms with van der Waals surface area (Å²) >= 11 is 6.14. The number of piperidine rings is 1. The lowest BCUT2D eigenvalue weighted by molar-refractivity contribution is -0.118. The molecule has 2 aromatic carbocycles. The van der Waals surface area contributed by atoms with E-state index in [4.69, 9.17) is 16.3 Å². The van der Waals surface area contributed by atoms with Gasteiger partial charge in [0.25, 0.3) is 5.91 Å². The first-order valence-corrected chi connectivity index (χ1v) is 10.7. The topological polar surface area (TPSA) is 75.7 Å². The number of carbonyl (C=O) groups excluding carboxylic acids is 1. The van der Waals surface area contributed by atoms with Crippen molar-refractivity contribution in [1.82, 2.24) is 4.31 Å². The minimum Gasteiger partial charge on any atom is -0.482 e. The maximum atomic E-state index is 13.5. The number of rotatable bonds is 6. The highest BCUT2D eigenvalue weighted by Crippen LogP contribution is 2.29. The Kier molecular flexibility index (Phi) is 6.53. The number of anilines is 1. The van der Waals surface area contributed by atoms with Crippen LogP contribution in [-0.2, 0) is 14.8 Å². The number of benzene rings is 2. The second-order valence-electron chi connectivity index (χ2n) is 6.37. The van der Waals surface area contributed by atoms with Gasteiger partial charge in [-0.05, 0) is 43.2 Å². The van der Waals surface area contributed by atoms with Gasteiger partial charge in [-0.3, -0.25) is 4.79 Å². The summed E-state index contributed by atoms with van der Waals surface area (Å²) in [6.07, 6.45) is 2.70. The lowest BCUT2D eigenvalue weighted by Crippen LogP contribution is -2.35. The molecular weight excluding hydrogens is 407 g/mol. The fourth-order valence-electron chi connectivity index (χ4n) is 2.91. The monoisotopic (exact) mass is 426 g/mol. The van der Waals surface area contributed by atoms with Gasteiger partial charge in [0.2, 0.25) is 10.0 Å². The second kappa shape index (κ2) is 8.89. The summed E-state index contributed by atoms with van der Waals surface area (Å²) in [7, 11) is -3.61. The Morgan fingerprint density at radius 3 is 2.54 bits per heavy atom. The van der Waals surface area contributed by atoms with E-state index in [1.807, 2.05) is 0 Å². The number of nitrogens with zero attached hydrogens (tertiary/aromatic N) is 1. The molecular formula is C19H20ClFN2O4S. The second-order valence-corrected chi connectivity index (χ2v) is 8.72. The molecule has 28 heavy (non-hydrogen) atoms. The fourth-order valence-corrected chi connectivity index (χ4v) is 4.75. The number of ether oxygens (including phenoxy) is 1. The molecule has 3 rings (SSSR count). The fraction of sp³-hybridized carbons (Fsp3) is 0.316. The van der Waals surface area contributed by atoms with Crippen LogP contribution in [0.1, 0.15) is 19.3 Å². The van der Waals surface area contributed by atoms with E-state index in [2.05, 4.69) is 5.32 Å². The molecule has 1 aliphatic heterocycles. The standard InChI is InChI=1S/C19H20ClFN2O4S/c20-15-12-14(28(25,26)23-10-4-1-5-11-23)8-9-18(15)27-13-19(24)22-17-7-3-2-6-16(17)21/h2-3,6-9,12H,1,4-5,10-11,13H2,(H,22,24). The Morgan fingerprint density at radius 2 is 1.86 bits per heavy atom. The predicted octanol–water partition coefficient (Wildman–Crippen LogP) is 3.67.